The summed E-state index contributed by atoms with van der Waals surface area (Å²) in [5.41, 5.74) is 4.24. The Morgan fingerprint density at radius 3 is 1.85 bits per heavy atom. The maximum atomic E-state index is 12.3. The van der Waals surface area contributed by atoms with E-state index in [0.29, 0.717) is 5.89 Å². The molecule has 0 bridgehead atoms. The van der Waals surface area contributed by atoms with Gasteiger partial charge in [-0.1, -0.05) is 36.4 Å². The minimum atomic E-state index is -3.15. The van der Waals surface area contributed by atoms with E-state index in [0.717, 1.165) is 24.0 Å². The number of rotatable bonds is 6. The summed E-state index contributed by atoms with van der Waals surface area (Å²) in [6, 6.07) is 16.1. The standard InChI is InChI=1S/C22H25NO3S/c1-22(2,3)27(24,25)16-19-8-6-17(7-9-19)4-5-18-10-12-20(13-11-18)21-23-14-15-26-21/h6-15H,4-5,16H2,1-3H3. The Balaban J connectivity index is 1.59. The maximum Gasteiger partial charge on any atom is 0.225 e. The summed E-state index contributed by atoms with van der Waals surface area (Å²) in [6.45, 7) is 5.22. The van der Waals surface area contributed by atoms with Crippen LogP contribution in [-0.4, -0.2) is 18.1 Å². The third-order valence-electron chi connectivity index (χ3n) is 4.65. The Morgan fingerprint density at radius 1 is 0.852 bits per heavy atom. The summed E-state index contributed by atoms with van der Waals surface area (Å²) in [4.78, 5) is 4.15. The second-order valence-corrected chi connectivity index (χ2v) is 10.5. The monoisotopic (exact) mass is 383 g/mol. The van der Waals surface area contributed by atoms with Crippen LogP contribution < -0.4 is 0 Å². The van der Waals surface area contributed by atoms with Crippen molar-refractivity contribution in [3.8, 4) is 11.5 Å². The summed E-state index contributed by atoms with van der Waals surface area (Å²) < 4.78 is 29.2. The summed E-state index contributed by atoms with van der Waals surface area (Å²) in [7, 11) is -3.15. The molecule has 1 heterocycles. The molecule has 0 fully saturated rings. The van der Waals surface area contributed by atoms with Gasteiger partial charge < -0.3 is 4.42 Å². The predicted octanol–water partition coefficient (Wildman–Crippen LogP) is 4.84. The number of oxazole rings is 1. The van der Waals surface area contributed by atoms with Gasteiger partial charge in [0.05, 0.1) is 16.7 Å². The van der Waals surface area contributed by atoms with Gasteiger partial charge in [0.25, 0.3) is 0 Å². The molecule has 3 aromatic rings. The first-order valence-electron chi connectivity index (χ1n) is 9.03. The van der Waals surface area contributed by atoms with Gasteiger partial charge in [-0.3, -0.25) is 0 Å². The van der Waals surface area contributed by atoms with E-state index in [1.54, 1.807) is 33.2 Å². The van der Waals surface area contributed by atoms with Crippen LogP contribution >= 0.6 is 0 Å². The van der Waals surface area contributed by atoms with E-state index in [1.807, 2.05) is 36.4 Å². The van der Waals surface area contributed by atoms with Gasteiger partial charge in [-0.15, -0.1) is 0 Å². The largest absolute Gasteiger partial charge is 0.445 e. The predicted molar refractivity (Wildman–Crippen MR) is 108 cm³/mol. The van der Waals surface area contributed by atoms with Gasteiger partial charge in [0.2, 0.25) is 5.89 Å². The van der Waals surface area contributed by atoms with Crippen molar-refractivity contribution in [1.82, 2.24) is 4.98 Å². The molecule has 0 radical (unpaired) electrons. The number of aromatic nitrogens is 1. The van der Waals surface area contributed by atoms with E-state index < -0.39 is 14.6 Å². The van der Waals surface area contributed by atoms with Crippen LogP contribution in [0, 0.1) is 0 Å². The highest BCUT2D eigenvalue weighted by atomic mass is 32.2. The van der Waals surface area contributed by atoms with Crippen LogP contribution in [0.15, 0.2) is 65.4 Å². The molecular formula is C22H25NO3S. The van der Waals surface area contributed by atoms with Crippen molar-refractivity contribution in [3.63, 3.8) is 0 Å². The van der Waals surface area contributed by atoms with Crippen molar-refractivity contribution in [3.05, 3.63) is 77.7 Å². The highest BCUT2D eigenvalue weighted by molar-refractivity contribution is 7.91. The Hall–Kier alpha value is -2.40. The van der Waals surface area contributed by atoms with E-state index in [4.69, 9.17) is 4.42 Å². The lowest BCUT2D eigenvalue weighted by molar-refractivity contribution is 0.559. The number of hydrogen-bond acceptors (Lipinski definition) is 4. The third-order valence-corrected chi connectivity index (χ3v) is 7.23. The number of benzene rings is 2. The first-order chi connectivity index (χ1) is 12.7. The van der Waals surface area contributed by atoms with Crippen molar-refractivity contribution in [2.45, 2.75) is 44.1 Å². The minimum Gasteiger partial charge on any atom is -0.445 e. The van der Waals surface area contributed by atoms with Crippen LogP contribution in [0.1, 0.15) is 37.5 Å². The van der Waals surface area contributed by atoms with Gasteiger partial charge in [0.1, 0.15) is 6.26 Å². The number of hydrogen-bond donors (Lipinski definition) is 0. The molecule has 4 nitrogen and oxygen atoms in total. The molecule has 142 valence electrons. The molecular weight excluding hydrogens is 358 g/mol. The third kappa shape index (κ3) is 4.86. The zero-order chi connectivity index (χ0) is 19.5. The normalized spacial score (nSPS) is 12.3. The topological polar surface area (TPSA) is 60.2 Å². The number of aryl methyl sites for hydroxylation is 2. The fourth-order valence-electron chi connectivity index (χ4n) is 2.71. The summed E-state index contributed by atoms with van der Waals surface area (Å²) in [5, 5.41) is 0. The molecule has 0 saturated heterocycles. The Kier molecular flexibility index (Phi) is 5.51. The average molecular weight is 384 g/mol. The second kappa shape index (κ2) is 7.69. The van der Waals surface area contributed by atoms with Crippen molar-refractivity contribution in [2.75, 3.05) is 0 Å². The summed E-state index contributed by atoms with van der Waals surface area (Å²) in [6.07, 6.45) is 5.04. The van der Waals surface area contributed by atoms with Gasteiger partial charge >= 0.3 is 0 Å². The van der Waals surface area contributed by atoms with E-state index in [1.165, 1.54) is 11.1 Å². The zero-order valence-electron chi connectivity index (χ0n) is 16.0. The van der Waals surface area contributed by atoms with Crippen molar-refractivity contribution in [1.29, 1.82) is 0 Å². The van der Waals surface area contributed by atoms with Crippen LogP contribution in [0.4, 0.5) is 0 Å². The number of nitrogens with zero attached hydrogens (tertiary/aromatic N) is 1. The van der Waals surface area contributed by atoms with Gasteiger partial charge in [0, 0.05) is 5.56 Å². The van der Waals surface area contributed by atoms with Gasteiger partial charge in [0.15, 0.2) is 9.84 Å². The van der Waals surface area contributed by atoms with Crippen LogP contribution in [0.2, 0.25) is 0 Å². The van der Waals surface area contributed by atoms with E-state index >= 15 is 0 Å². The Morgan fingerprint density at radius 2 is 1.37 bits per heavy atom. The lowest BCUT2D eigenvalue weighted by Gasteiger charge is -2.19. The van der Waals surface area contributed by atoms with Crippen molar-refractivity contribution in [2.24, 2.45) is 0 Å². The Bertz CT molecular complexity index is 966. The molecule has 3 rings (SSSR count). The molecule has 1 aromatic heterocycles. The van der Waals surface area contributed by atoms with Gasteiger partial charge in [-0.05, 0) is 62.4 Å². The summed E-state index contributed by atoms with van der Waals surface area (Å²) in [5.74, 6) is 0.710. The molecule has 0 amide bonds. The zero-order valence-corrected chi connectivity index (χ0v) is 16.8. The van der Waals surface area contributed by atoms with Gasteiger partial charge in [-0.25, -0.2) is 13.4 Å². The highest BCUT2D eigenvalue weighted by Crippen LogP contribution is 2.21. The highest BCUT2D eigenvalue weighted by Gasteiger charge is 2.28. The van der Waals surface area contributed by atoms with E-state index in [-0.39, 0.29) is 5.75 Å². The quantitative estimate of drug-likeness (QED) is 0.611. The van der Waals surface area contributed by atoms with Crippen LogP contribution in [0.25, 0.3) is 11.5 Å². The van der Waals surface area contributed by atoms with Crippen molar-refractivity contribution < 1.29 is 12.8 Å². The first kappa shape index (κ1) is 19.4. The van der Waals surface area contributed by atoms with Crippen LogP contribution in [-0.2, 0) is 28.4 Å². The van der Waals surface area contributed by atoms with Crippen LogP contribution in [0.5, 0.6) is 0 Å². The average Bonchev–Trinajstić information content (AvgIpc) is 3.15. The summed E-state index contributed by atoms with van der Waals surface area (Å²) >= 11 is 0. The molecule has 0 aliphatic carbocycles. The molecule has 0 aliphatic heterocycles. The molecule has 0 aliphatic rings. The molecule has 0 unspecified atom stereocenters. The lowest BCUT2D eigenvalue weighted by atomic mass is 10.0. The number of sulfone groups is 1. The maximum absolute atomic E-state index is 12.3. The fraction of sp³-hybridized carbons (Fsp3) is 0.318. The van der Waals surface area contributed by atoms with E-state index in [2.05, 4.69) is 17.1 Å². The van der Waals surface area contributed by atoms with Crippen LogP contribution in [0.3, 0.4) is 0 Å². The van der Waals surface area contributed by atoms with Gasteiger partial charge in [-0.2, -0.15) is 0 Å². The molecule has 0 N–H and O–H groups in total. The SMILES string of the molecule is CC(C)(C)S(=O)(=O)Cc1ccc(CCc2ccc(-c3ncco3)cc2)cc1. The second-order valence-electron chi connectivity index (χ2n) is 7.72. The smallest absolute Gasteiger partial charge is 0.225 e. The molecule has 27 heavy (non-hydrogen) atoms. The lowest BCUT2D eigenvalue weighted by Crippen LogP contribution is -2.29. The molecule has 0 atom stereocenters. The fourth-order valence-corrected chi connectivity index (χ4v) is 3.77. The van der Waals surface area contributed by atoms with E-state index in [9.17, 15) is 8.42 Å². The minimum absolute atomic E-state index is 0.0824. The molecule has 2 aromatic carbocycles. The Labute approximate surface area is 161 Å². The van der Waals surface area contributed by atoms with Crippen molar-refractivity contribution >= 4 is 9.84 Å². The molecule has 0 saturated carbocycles. The first-order valence-corrected chi connectivity index (χ1v) is 10.7. The molecule has 5 heteroatoms. The molecule has 0 spiro atoms.